The van der Waals surface area contributed by atoms with E-state index in [9.17, 15) is 4.79 Å². The summed E-state index contributed by atoms with van der Waals surface area (Å²) in [5.41, 5.74) is 1.12. The maximum absolute atomic E-state index is 11.9. The Morgan fingerprint density at radius 1 is 1.30 bits per heavy atom. The quantitative estimate of drug-likeness (QED) is 0.880. The van der Waals surface area contributed by atoms with E-state index in [0.717, 1.165) is 43.4 Å². The number of ether oxygens (including phenoxy) is 1. The van der Waals surface area contributed by atoms with Crippen LogP contribution in [0.15, 0.2) is 41.1 Å². The standard InChI is InChI=1S/C17H21N3O3/c21-17(19-13-15-2-1-9-23-15)4-3-14-5-6-18-16(12-14)20-7-10-22-11-8-20/h1-2,5-6,9,12H,3-4,7-8,10-11,13H2,(H,19,21). The number of pyridine rings is 1. The number of carbonyl (C=O) groups is 1. The van der Waals surface area contributed by atoms with Gasteiger partial charge in [-0.25, -0.2) is 4.98 Å². The highest BCUT2D eigenvalue weighted by atomic mass is 16.5. The first-order chi connectivity index (χ1) is 11.3. The molecular formula is C17H21N3O3. The minimum Gasteiger partial charge on any atom is -0.467 e. The maximum Gasteiger partial charge on any atom is 0.220 e. The number of nitrogens with one attached hydrogen (secondary N) is 1. The van der Waals surface area contributed by atoms with Crippen LogP contribution in [0.2, 0.25) is 0 Å². The lowest BCUT2D eigenvalue weighted by Gasteiger charge is -2.28. The molecule has 0 unspecified atom stereocenters. The van der Waals surface area contributed by atoms with Gasteiger partial charge in [-0.15, -0.1) is 0 Å². The molecule has 2 aromatic rings. The summed E-state index contributed by atoms with van der Waals surface area (Å²) in [5.74, 6) is 1.74. The van der Waals surface area contributed by atoms with Crippen LogP contribution in [0.4, 0.5) is 5.82 Å². The molecule has 0 aromatic carbocycles. The molecule has 0 aliphatic carbocycles. The molecule has 0 spiro atoms. The maximum atomic E-state index is 11.9. The molecule has 1 aliphatic rings. The van der Waals surface area contributed by atoms with Gasteiger partial charge in [-0.2, -0.15) is 0 Å². The predicted molar refractivity (Wildman–Crippen MR) is 86.1 cm³/mol. The molecule has 6 nitrogen and oxygen atoms in total. The molecule has 6 heteroatoms. The monoisotopic (exact) mass is 315 g/mol. The smallest absolute Gasteiger partial charge is 0.220 e. The first-order valence-corrected chi connectivity index (χ1v) is 7.88. The molecule has 0 radical (unpaired) electrons. The van der Waals surface area contributed by atoms with Crippen molar-refractivity contribution in [3.63, 3.8) is 0 Å². The van der Waals surface area contributed by atoms with Gasteiger partial charge >= 0.3 is 0 Å². The summed E-state index contributed by atoms with van der Waals surface area (Å²) in [6, 6.07) is 7.68. The molecule has 0 atom stereocenters. The lowest BCUT2D eigenvalue weighted by atomic mass is 10.1. The second-order valence-corrected chi connectivity index (χ2v) is 5.48. The van der Waals surface area contributed by atoms with Crippen LogP contribution in [-0.4, -0.2) is 37.2 Å². The van der Waals surface area contributed by atoms with Gasteiger partial charge in [0.1, 0.15) is 11.6 Å². The molecule has 1 fully saturated rings. The van der Waals surface area contributed by atoms with Gasteiger partial charge in [0.15, 0.2) is 0 Å². The molecule has 1 saturated heterocycles. The Kier molecular flexibility index (Phi) is 5.26. The second-order valence-electron chi connectivity index (χ2n) is 5.48. The molecule has 122 valence electrons. The lowest BCUT2D eigenvalue weighted by molar-refractivity contribution is -0.121. The van der Waals surface area contributed by atoms with E-state index in [1.807, 2.05) is 18.2 Å². The zero-order valence-corrected chi connectivity index (χ0v) is 13.0. The first kappa shape index (κ1) is 15.6. The fourth-order valence-corrected chi connectivity index (χ4v) is 2.53. The van der Waals surface area contributed by atoms with Crippen LogP contribution in [0.3, 0.4) is 0 Å². The molecule has 3 rings (SSSR count). The summed E-state index contributed by atoms with van der Waals surface area (Å²) in [6.45, 7) is 3.63. The van der Waals surface area contributed by atoms with E-state index in [1.54, 1.807) is 12.5 Å². The lowest BCUT2D eigenvalue weighted by Crippen LogP contribution is -2.36. The van der Waals surface area contributed by atoms with E-state index in [0.29, 0.717) is 19.4 Å². The first-order valence-electron chi connectivity index (χ1n) is 7.88. The van der Waals surface area contributed by atoms with Gasteiger partial charge in [0.05, 0.1) is 26.0 Å². The number of anilines is 1. The van der Waals surface area contributed by atoms with E-state index in [2.05, 4.69) is 21.3 Å². The Balaban J connectivity index is 1.48. The van der Waals surface area contributed by atoms with Gasteiger partial charge in [0.25, 0.3) is 0 Å². The zero-order chi connectivity index (χ0) is 15.9. The van der Waals surface area contributed by atoms with Crippen LogP contribution >= 0.6 is 0 Å². The van der Waals surface area contributed by atoms with Crippen LogP contribution in [0, 0.1) is 0 Å². The Morgan fingerprint density at radius 3 is 2.96 bits per heavy atom. The summed E-state index contributed by atoms with van der Waals surface area (Å²) < 4.78 is 10.5. The molecular weight excluding hydrogens is 294 g/mol. The number of furan rings is 1. The number of morpholine rings is 1. The topological polar surface area (TPSA) is 67.6 Å². The van der Waals surface area contributed by atoms with Crippen LogP contribution in [0.5, 0.6) is 0 Å². The van der Waals surface area contributed by atoms with Crippen molar-refractivity contribution in [2.75, 3.05) is 31.2 Å². The average Bonchev–Trinajstić information content (AvgIpc) is 3.13. The normalized spacial score (nSPS) is 14.7. The van der Waals surface area contributed by atoms with Crippen molar-refractivity contribution in [3.8, 4) is 0 Å². The van der Waals surface area contributed by atoms with Crippen molar-refractivity contribution in [3.05, 3.63) is 48.0 Å². The third-order valence-corrected chi connectivity index (χ3v) is 3.83. The van der Waals surface area contributed by atoms with Crippen LogP contribution in [0.1, 0.15) is 17.7 Å². The highest BCUT2D eigenvalue weighted by molar-refractivity contribution is 5.76. The molecule has 23 heavy (non-hydrogen) atoms. The minimum absolute atomic E-state index is 0.0196. The third-order valence-electron chi connectivity index (χ3n) is 3.83. The third kappa shape index (κ3) is 4.56. The number of carbonyl (C=O) groups excluding carboxylic acids is 1. The second kappa shape index (κ2) is 7.78. The van der Waals surface area contributed by atoms with E-state index < -0.39 is 0 Å². The predicted octanol–water partition coefficient (Wildman–Crippen LogP) is 1.76. The number of nitrogens with zero attached hydrogens (tertiary/aromatic N) is 2. The molecule has 1 N–H and O–H groups in total. The van der Waals surface area contributed by atoms with E-state index in [1.165, 1.54) is 0 Å². The Bertz CT molecular complexity index is 622. The molecule has 1 amide bonds. The summed E-state index contributed by atoms with van der Waals surface area (Å²) in [5, 5.41) is 2.86. The van der Waals surface area contributed by atoms with Crippen molar-refractivity contribution < 1.29 is 13.9 Å². The number of aromatic nitrogens is 1. The van der Waals surface area contributed by atoms with Gasteiger partial charge in [-0.05, 0) is 36.2 Å². The van der Waals surface area contributed by atoms with Crippen molar-refractivity contribution in [1.82, 2.24) is 10.3 Å². The number of hydrogen-bond donors (Lipinski definition) is 1. The van der Waals surface area contributed by atoms with Crippen LogP contribution in [-0.2, 0) is 22.5 Å². The Labute approximate surface area is 135 Å². The summed E-state index contributed by atoms with van der Waals surface area (Å²) in [6.07, 6.45) is 4.56. The number of rotatable bonds is 6. The van der Waals surface area contributed by atoms with Crippen molar-refractivity contribution in [2.45, 2.75) is 19.4 Å². The van der Waals surface area contributed by atoms with Gasteiger partial charge in [-0.3, -0.25) is 4.79 Å². The molecule has 0 bridgehead atoms. The summed E-state index contributed by atoms with van der Waals surface area (Å²) in [4.78, 5) is 18.5. The SMILES string of the molecule is O=C(CCc1ccnc(N2CCOCC2)c1)NCc1ccco1. The van der Waals surface area contributed by atoms with Gasteiger partial charge in [0.2, 0.25) is 5.91 Å². The zero-order valence-electron chi connectivity index (χ0n) is 13.0. The van der Waals surface area contributed by atoms with Gasteiger partial charge < -0.3 is 19.4 Å². The van der Waals surface area contributed by atoms with Crippen molar-refractivity contribution in [1.29, 1.82) is 0 Å². The number of hydrogen-bond acceptors (Lipinski definition) is 5. The summed E-state index contributed by atoms with van der Waals surface area (Å²) >= 11 is 0. The fourth-order valence-electron chi connectivity index (χ4n) is 2.53. The minimum atomic E-state index is 0.0196. The Hall–Kier alpha value is -2.34. The number of amides is 1. The highest BCUT2D eigenvalue weighted by Gasteiger charge is 2.12. The van der Waals surface area contributed by atoms with Gasteiger partial charge in [0, 0.05) is 25.7 Å². The molecule has 3 heterocycles. The largest absolute Gasteiger partial charge is 0.467 e. The number of aryl methyl sites for hydroxylation is 1. The van der Waals surface area contributed by atoms with Crippen molar-refractivity contribution in [2.24, 2.45) is 0 Å². The van der Waals surface area contributed by atoms with E-state index in [-0.39, 0.29) is 5.91 Å². The summed E-state index contributed by atoms with van der Waals surface area (Å²) in [7, 11) is 0. The van der Waals surface area contributed by atoms with E-state index in [4.69, 9.17) is 9.15 Å². The van der Waals surface area contributed by atoms with E-state index >= 15 is 0 Å². The average molecular weight is 315 g/mol. The molecule has 0 saturated carbocycles. The fraction of sp³-hybridized carbons (Fsp3) is 0.412. The Morgan fingerprint density at radius 2 is 2.17 bits per heavy atom. The van der Waals surface area contributed by atoms with Crippen LogP contribution < -0.4 is 10.2 Å². The van der Waals surface area contributed by atoms with Gasteiger partial charge in [-0.1, -0.05) is 0 Å². The molecule has 1 aliphatic heterocycles. The molecule has 2 aromatic heterocycles. The van der Waals surface area contributed by atoms with Crippen LogP contribution in [0.25, 0.3) is 0 Å². The highest BCUT2D eigenvalue weighted by Crippen LogP contribution is 2.15. The van der Waals surface area contributed by atoms with Crippen molar-refractivity contribution >= 4 is 11.7 Å².